The maximum atomic E-state index is 12.3. The summed E-state index contributed by atoms with van der Waals surface area (Å²) in [6.45, 7) is 0.273. The summed E-state index contributed by atoms with van der Waals surface area (Å²) in [7, 11) is 1.63. The van der Waals surface area contributed by atoms with Gasteiger partial charge in [-0.15, -0.1) is 0 Å². The van der Waals surface area contributed by atoms with Gasteiger partial charge in [-0.25, -0.2) is 0 Å². The van der Waals surface area contributed by atoms with E-state index in [1.165, 1.54) is 17.0 Å². The average Bonchev–Trinajstić information content (AvgIpc) is 2.47. The zero-order valence-electron chi connectivity index (χ0n) is 11.5. The summed E-state index contributed by atoms with van der Waals surface area (Å²) in [4.78, 5) is 24.1. The van der Waals surface area contributed by atoms with Gasteiger partial charge in [0.15, 0.2) is 0 Å². The van der Waals surface area contributed by atoms with Crippen LogP contribution in [0.3, 0.4) is 0 Å². The van der Waals surface area contributed by atoms with Crippen LogP contribution in [-0.4, -0.2) is 22.8 Å². The van der Waals surface area contributed by atoms with Crippen molar-refractivity contribution >= 4 is 17.3 Å². The highest BCUT2D eigenvalue weighted by atomic mass is 16.6. The van der Waals surface area contributed by atoms with Gasteiger partial charge in [0, 0.05) is 31.4 Å². The van der Waals surface area contributed by atoms with Gasteiger partial charge in [0.05, 0.1) is 10.5 Å². The first-order valence-electron chi connectivity index (χ1n) is 6.32. The topological polar surface area (TPSA) is 89.5 Å². The molecule has 6 heteroatoms. The Morgan fingerprint density at radius 3 is 2.62 bits per heavy atom. The number of non-ortho nitro benzene ring substituents is 1. The summed E-state index contributed by atoms with van der Waals surface area (Å²) in [6, 6.07) is 13.0. The summed E-state index contributed by atoms with van der Waals surface area (Å²) >= 11 is 0. The van der Waals surface area contributed by atoms with Gasteiger partial charge < -0.3 is 10.6 Å². The first kappa shape index (κ1) is 14.5. The van der Waals surface area contributed by atoms with Gasteiger partial charge in [-0.1, -0.05) is 24.3 Å². The normalized spacial score (nSPS) is 10.1. The van der Waals surface area contributed by atoms with E-state index in [2.05, 4.69) is 0 Å². The van der Waals surface area contributed by atoms with Crippen molar-refractivity contribution in [1.29, 1.82) is 0 Å². The van der Waals surface area contributed by atoms with Crippen LogP contribution in [0.4, 0.5) is 11.4 Å². The standard InChI is InChI=1S/C15H15N3O3/c1-17(15(19)13-7-2-3-8-14(13)16)10-11-5-4-6-12(9-11)18(20)21/h2-9H,10,16H2,1H3. The molecule has 2 N–H and O–H groups in total. The van der Waals surface area contributed by atoms with Gasteiger partial charge >= 0.3 is 0 Å². The lowest BCUT2D eigenvalue weighted by molar-refractivity contribution is -0.384. The highest BCUT2D eigenvalue weighted by Gasteiger charge is 2.15. The lowest BCUT2D eigenvalue weighted by atomic mass is 10.1. The predicted molar refractivity (Wildman–Crippen MR) is 79.7 cm³/mol. The number of amides is 1. The van der Waals surface area contributed by atoms with Crippen molar-refractivity contribution in [2.75, 3.05) is 12.8 Å². The van der Waals surface area contributed by atoms with Gasteiger partial charge in [0.1, 0.15) is 0 Å². The minimum absolute atomic E-state index is 0.00701. The van der Waals surface area contributed by atoms with Crippen molar-refractivity contribution in [2.45, 2.75) is 6.54 Å². The summed E-state index contributed by atoms with van der Waals surface area (Å²) < 4.78 is 0. The van der Waals surface area contributed by atoms with E-state index in [1.807, 2.05) is 0 Å². The zero-order valence-corrected chi connectivity index (χ0v) is 11.5. The highest BCUT2D eigenvalue weighted by Crippen LogP contribution is 2.17. The molecule has 0 saturated carbocycles. The zero-order chi connectivity index (χ0) is 15.4. The maximum Gasteiger partial charge on any atom is 0.269 e. The van der Waals surface area contributed by atoms with Crippen LogP contribution in [0.25, 0.3) is 0 Å². The Kier molecular flexibility index (Phi) is 4.18. The van der Waals surface area contributed by atoms with Gasteiger partial charge in [0.2, 0.25) is 0 Å². The Morgan fingerprint density at radius 1 is 1.24 bits per heavy atom. The van der Waals surface area contributed by atoms with Crippen LogP contribution in [-0.2, 0) is 6.54 Å². The fraction of sp³-hybridized carbons (Fsp3) is 0.133. The molecule has 1 amide bonds. The van der Waals surface area contributed by atoms with Crippen molar-refractivity contribution < 1.29 is 9.72 Å². The van der Waals surface area contributed by atoms with Crippen LogP contribution in [0.15, 0.2) is 48.5 Å². The first-order valence-corrected chi connectivity index (χ1v) is 6.32. The third-order valence-electron chi connectivity index (χ3n) is 3.08. The molecule has 6 nitrogen and oxygen atoms in total. The number of nitrogen functional groups attached to an aromatic ring is 1. The Morgan fingerprint density at radius 2 is 1.95 bits per heavy atom. The van der Waals surface area contributed by atoms with Crippen LogP contribution in [0.1, 0.15) is 15.9 Å². The largest absolute Gasteiger partial charge is 0.398 e. The fourth-order valence-corrected chi connectivity index (χ4v) is 2.01. The van der Waals surface area contributed by atoms with Crippen LogP contribution in [0, 0.1) is 10.1 Å². The minimum Gasteiger partial charge on any atom is -0.398 e. The number of benzene rings is 2. The molecular formula is C15H15N3O3. The molecule has 0 bridgehead atoms. The highest BCUT2D eigenvalue weighted by molar-refractivity contribution is 5.98. The number of nitrogens with two attached hydrogens (primary N) is 1. The first-order chi connectivity index (χ1) is 9.99. The molecule has 0 aliphatic carbocycles. The third kappa shape index (κ3) is 3.36. The van der Waals surface area contributed by atoms with Crippen molar-refractivity contribution in [3.05, 3.63) is 69.8 Å². The molecule has 0 radical (unpaired) electrons. The van der Waals surface area contributed by atoms with Crippen LogP contribution in [0.2, 0.25) is 0 Å². The Balaban J connectivity index is 2.16. The van der Waals surface area contributed by atoms with E-state index in [9.17, 15) is 14.9 Å². The van der Waals surface area contributed by atoms with Crippen molar-refractivity contribution in [3.63, 3.8) is 0 Å². The number of para-hydroxylation sites is 1. The SMILES string of the molecule is CN(Cc1cccc([N+](=O)[O-])c1)C(=O)c1ccccc1N. The van der Waals surface area contributed by atoms with Gasteiger partial charge in [-0.05, 0) is 17.7 Å². The summed E-state index contributed by atoms with van der Waals surface area (Å²) in [5.41, 5.74) is 7.31. The molecule has 21 heavy (non-hydrogen) atoms. The molecule has 2 aromatic rings. The number of rotatable bonds is 4. The molecule has 0 heterocycles. The minimum atomic E-state index is -0.458. The smallest absolute Gasteiger partial charge is 0.269 e. The van der Waals surface area contributed by atoms with Crippen molar-refractivity contribution in [3.8, 4) is 0 Å². The molecule has 0 aliphatic heterocycles. The molecule has 0 atom stereocenters. The van der Waals surface area contributed by atoms with E-state index in [0.717, 1.165) is 0 Å². The maximum absolute atomic E-state index is 12.3. The second kappa shape index (κ2) is 6.04. The predicted octanol–water partition coefficient (Wildman–Crippen LogP) is 2.45. The third-order valence-corrected chi connectivity index (χ3v) is 3.08. The van der Waals surface area contributed by atoms with Gasteiger partial charge in [-0.3, -0.25) is 14.9 Å². The number of hydrogen-bond acceptors (Lipinski definition) is 4. The number of carbonyl (C=O) groups is 1. The summed E-state index contributed by atoms with van der Waals surface area (Å²) in [6.07, 6.45) is 0. The van der Waals surface area contributed by atoms with E-state index < -0.39 is 4.92 Å². The van der Waals surface area contributed by atoms with E-state index in [-0.39, 0.29) is 18.1 Å². The lowest BCUT2D eigenvalue weighted by Gasteiger charge is -2.18. The monoisotopic (exact) mass is 285 g/mol. The van der Waals surface area contributed by atoms with Crippen LogP contribution in [0.5, 0.6) is 0 Å². The molecule has 0 spiro atoms. The molecule has 2 aromatic carbocycles. The fourth-order valence-electron chi connectivity index (χ4n) is 2.01. The van der Waals surface area contributed by atoms with E-state index >= 15 is 0 Å². The molecule has 0 fully saturated rings. The second-order valence-corrected chi connectivity index (χ2v) is 4.68. The molecule has 108 valence electrons. The van der Waals surface area contributed by atoms with E-state index in [0.29, 0.717) is 16.8 Å². The van der Waals surface area contributed by atoms with Crippen molar-refractivity contribution in [2.24, 2.45) is 0 Å². The Bertz CT molecular complexity index is 685. The quantitative estimate of drug-likeness (QED) is 0.531. The number of carbonyl (C=O) groups excluding carboxylic acids is 1. The molecule has 0 aromatic heterocycles. The Hall–Kier alpha value is -2.89. The lowest BCUT2D eigenvalue weighted by Crippen LogP contribution is -2.26. The number of nitrogens with zero attached hydrogens (tertiary/aromatic N) is 2. The van der Waals surface area contributed by atoms with Crippen LogP contribution >= 0.6 is 0 Å². The molecule has 0 aliphatic rings. The van der Waals surface area contributed by atoms with Gasteiger partial charge in [-0.2, -0.15) is 0 Å². The molecule has 2 rings (SSSR count). The number of hydrogen-bond donors (Lipinski definition) is 1. The molecule has 0 unspecified atom stereocenters. The van der Waals surface area contributed by atoms with E-state index in [4.69, 9.17) is 5.73 Å². The molecular weight excluding hydrogens is 270 g/mol. The van der Waals surface area contributed by atoms with Crippen LogP contribution < -0.4 is 5.73 Å². The van der Waals surface area contributed by atoms with Crippen molar-refractivity contribution in [1.82, 2.24) is 4.90 Å². The number of anilines is 1. The average molecular weight is 285 g/mol. The number of nitro groups is 1. The summed E-state index contributed by atoms with van der Waals surface area (Å²) in [5.74, 6) is -0.223. The Labute approximate surface area is 121 Å². The molecule has 0 saturated heterocycles. The van der Waals surface area contributed by atoms with Gasteiger partial charge in [0.25, 0.3) is 11.6 Å². The van der Waals surface area contributed by atoms with E-state index in [1.54, 1.807) is 43.4 Å². The number of nitro benzene ring substituents is 1. The second-order valence-electron chi connectivity index (χ2n) is 4.68. The summed E-state index contributed by atoms with van der Waals surface area (Å²) in [5, 5.41) is 10.7.